The van der Waals surface area contributed by atoms with E-state index in [1.54, 1.807) is 71.2 Å². The minimum absolute atomic E-state index is 0.0211. The van der Waals surface area contributed by atoms with Crippen LogP contribution in [0.25, 0.3) is 0 Å². The van der Waals surface area contributed by atoms with E-state index in [9.17, 15) is 16.8 Å². The number of halogens is 1. The van der Waals surface area contributed by atoms with Crippen molar-refractivity contribution in [3.05, 3.63) is 95.1 Å². The SMILES string of the molecule is CC(C)(C)[Si](C)(C)OCC1COc2ccccc2N1.COc1cc(C)c(S(=O)(=O)Cl)c(C)c1.COc1cc(C)c(S(=O)(=O)N2c3ccccc3OCC2CO[Si](C)(C)C(C)(C)C)c(C)c1. The maximum absolute atomic E-state index is 14.1. The molecule has 6 rings (SSSR count). The third-order valence-electron chi connectivity index (χ3n) is 12.5. The van der Waals surface area contributed by atoms with Gasteiger partial charge in [-0.25, -0.2) is 16.8 Å². The Morgan fingerprint density at radius 3 is 1.57 bits per heavy atom. The minimum atomic E-state index is -3.88. The van der Waals surface area contributed by atoms with Crippen LogP contribution in [0.1, 0.15) is 63.8 Å². The first-order chi connectivity index (χ1) is 29.9. The first kappa shape index (κ1) is 53.8. The second-order valence-corrected chi connectivity index (χ2v) is 33.5. The number of nitrogens with one attached hydrogen (secondary N) is 1. The van der Waals surface area contributed by atoms with E-state index in [-0.39, 0.29) is 34.2 Å². The van der Waals surface area contributed by atoms with Crippen LogP contribution in [-0.4, -0.2) is 86.2 Å². The predicted octanol–water partition coefficient (Wildman–Crippen LogP) is 11.4. The summed E-state index contributed by atoms with van der Waals surface area (Å²) in [6.07, 6.45) is 0. The van der Waals surface area contributed by atoms with Crippen LogP contribution >= 0.6 is 10.7 Å². The van der Waals surface area contributed by atoms with Crippen molar-refractivity contribution >= 4 is 57.8 Å². The van der Waals surface area contributed by atoms with Gasteiger partial charge < -0.3 is 33.1 Å². The van der Waals surface area contributed by atoms with Gasteiger partial charge in [0.1, 0.15) is 42.3 Å². The van der Waals surface area contributed by atoms with Crippen molar-refractivity contribution in [3.63, 3.8) is 0 Å². The molecule has 0 aliphatic carbocycles. The Morgan fingerprint density at radius 2 is 1.09 bits per heavy atom. The van der Waals surface area contributed by atoms with Gasteiger partial charge in [0.25, 0.3) is 19.1 Å². The van der Waals surface area contributed by atoms with Gasteiger partial charge in [0.05, 0.1) is 54.6 Å². The highest BCUT2D eigenvalue weighted by Crippen LogP contribution is 2.42. The summed E-state index contributed by atoms with van der Waals surface area (Å²) in [6.45, 7) is 31.1. The van der Waals surface area contributed by atoms with Crippen LogP contribution in [0.4, 0.5) is 11.4 Å². The number of para-hydroxylation sites is 4. The molecule has 0 saturated carbocycles. The van der Waals surface area contributed by atoms with E-state index in [2.05, 4.69) is 73.0 Å². The average molecular weight is 992 g/mol. The predicted molar refractivity (Wildman–Crippen MR) is 269 cm³/mol. The summed E-state index contributed by atoms with van der Waals surface area (Å²) in [5, 5.41) is 3.76. The van der Waals surface area contributed by atoms with Gasteiger partial charge in [-0.05, 0) is 135 Å². The highest BCUT2D eigenvalue weighted by atomic mass is 35.7. The van der Waals surface area contributed by atoms with E-state index in [0.717, 1.165) is 11.4 Å². The zero-order valence-electron chi connectivity index (χ0n) is 41.1. The molecule has 17 heteroatoms. The molecule has 12 nitrogen and oxygen atoms in total. The van der Waals surface area contributed by atoms with Crippen LogP contribution in [0.5, 0.6) is 23.0 Å². The molecule has 2 aliphatic heterocycles. The summed E-state index contributed by atoms with van der Waals surface area (Å²) in [5.41, 5.74) is 4.09. The summed E-state index contributed by atoms with van der Waals surface area (Å²) in [7, 11) is -2.90. The number of fused-ring (bicyclic) bond motifs is 2. The second-order valence-electron chi connectivity index (χ2n) is 19.6. The average Bonchev–Trinajstić information content (AvgIpc) is 3.20. The molecular weight excluding hydrogens is 920 g/mol. The molecule has 2 heterocycles. The number of rotatable bonds is 11. The topological polar surface area (TPSA) is 139 Å². The van der Waals surface area contributed by atoms with Crippen LogP contribution in [0.3, 0.4) is 0 Å². The molecule has 360 valence electrons. The molecule has 2 aliphatic rings. The quantitative estimate of drug-likeness (QED) is 0.113. The van der Waals surface area contributed by atoms with Crippen molar-refractivity contribution in [1.82, 2.24) is 0 Å². The second kappa shape index (κ2) is 21.0. The summed E-state index contributed by atoms with van der Waals surface area (Å²) < 4.78 is 86.8. The van der Waals surface area contributed by atoms with Crippen LogP contribution in [-0.2, 0) is 27.9 Å². The number of hydrogen-bond acceptors (Lipinski definition) is 11. The van der Waals surface area contributed by atoms with Gasteiger partial charge in [-0.2, -0.15) is 0 Å². The van der Waals surface area contributed by atoms with Gasteiger partial charge in [-0.15, -0.1) is 0 Å². The molecule has 2 atom stereocenters. The van der Waals surface area contributed by atoms with Gasteiger partial charge in [-0.3, -0.25) is 4.31 Å². The van der Waals surface area contributed by atoms with Crippen molar-refractivity contribution in [2.75, 3.05) is 50.3 Å². The van der Waals surface area contributed by atoms with Crippen LogP contribution in [0, 0.1) is 27.7 Å². The lowest BCUT2D eigenvalue weighted by atomic mass is 10.1. The molecule has 2 unspecified atom stereocenters. The Bertz CT molecular complexity index is 2460. The van der Waals surface area contributed by atoms with Gasteiger partial charge in [0, 0.05) is 10.7 Å². The maximum atomic E-state index is 14.1. The lowest BCUT2D eigenvalue weighted by Gasteiger charge is -2.41. The fraction of sp³-hybridized carbons (Fsp3) is 0.500. The molecule has 65 heavy (non-hydrogen) atoms. The smallest absolute Gasteiger partial charge is 0.265 e. The molecule has 4 aromatic carbocycles. The maximum Gasteiger partial charge on any atom is 0.265 e. The van der Waals surface area contributed by atoms with Crippen LogP contribution in [0.15, 0.2) is 82.6 Å². The summed E-state index contributed by atoms with van der Waals surface area (Å²) in [5.74, 6) is 2.76. The molecular formula is C48H71ClN2O10S2Si2. The van der Waals surface area contributed by atoms with E-state index >= 15 is 0 Å². The third kappa shape index (κ3) is 13.2. The molecule has 0 bridgehead atoms. The zero-order valence-corrected chi connectivity index (χ0v) is 45.5. The van der Waals surface area contributed by atoms with Crippen molar-refractivity contribution in [3.8, 4) is 23.0 Å². The Labute approximate surface area is 396 Å². The lowest BCUT2D eigenvalue weighted by Crippen LogP contribution is -2.52. The Hall–Kier alpha value is -3.78. The molecule has 0 aromatic heterocycles. The first-order valence-electron chi connectivity index (χ1n) is 21.7. The van der Waals surface area contributed by atoms with E-state index in [4.69, 9.17) is 38.5 Å². The van der Waals surface area contributed by atoms with Gasteiger partial charge >= 0.3 is 0 Å². The fourth-order valence-electron chi connectivity index (χ4n) is 6.90. The summed E-state index contributed by atoms with van der Waals surface area (Å²) in [6, 6.07) is 21.9. The standard InChI is InChI=1S/C24H35NO5SSi.C15H25NO2Si.C9H11ClO3S/c1-17-13-20(28-6)14-18(2)23(17)31(26,27)25-19(16-30-32(7,8)24(3,4)5)15-29-22-12-10-9-11-21(22)25;1-15(2,3)19(4,5)18-11-12-10-17-14-9-7-6-8-13(14)16-12;1-6-4-8(13-3)5-7(2)9(6)14(10,11)12/h9-14,19H,15-16H2,1-8H3;6-9,12,16H,10-11H2,1-5H3;4-5H,1-3H3. The van der Waals surface area contributed by atoms with Gasteiger partial charge in [0.2, 0.25) is 0 Å². The number of nitrogens with zero attached hydrogens (tertiary/aromatic N) is 1. The van der Waals surface area contributed by atoms with Crippen molar-refractivity contribution < 1.29 is 44.6 Å². The molecule has 0 spiro atoms. The van der Waals surface area contributed by atoms with Crippen molar-refractivity contribution in [2.45, 2.75) is 127 Å². The highest BCUT2D eigenvalue weighted by Gasteiger charge is 2.43. The van der Waals surface area contributed by atoms with Crippen molar-refractivity contribution in [1.29, 1.82) is 0 Å². The normalized spacial score (nSPS) is 16.5. The van der Waals surface area contributed by atoms with Gasteiger partial charge in [0.15, 0.2) is 16.6 Å². The van der Waals surface area contributed by atoms with E-state index in [1.165, 1.54) is 11.4 Å². The molecule has 1 N–H and O–H groups in total. The number of sulfonamides is 1. The number of ether oxygens (including phenoxy) is 4. The molecule has 0 radical (unpaired) electrons. The molecule has 4 aromatic rings. The molecule has 0 amide bonds. The van der Waals surface area contributed by atoms with E-state index < -0.39 is 41.8 Å². The Morgan fingerprint density at radius 1 is 0.662 bits per heavy atom. The Kier molecular flexibility index (Phi) is 17.4. The minimum Gasteiger partial charge on any atom is -0.497 e. The molecule has 0 fully saturated rings. The Balaban J connectivity index is 0.000000237. The highest BCUT2D eigenvalue weighted by molar-refractivity contribution is 8.13. The number of hydrogen-bond donors (Lipinski definition) is 1. The van der Waals surface area contributed by atoms with E-state index in [1.807, 2.05) is 36.4 Å². The fourth-order valence-corrected chi connectivity index (χ4v) is 12.7. The first-order valence-corrected chi connectivity index (χ1v) is 31.3. The van der Waals surface area contributed by atoms with Crippen molar-refractivity contribution in [2.24, 2.45) is 0 Å². The number of methoxy groups -OCH3 is 2. The molecule has 0 saturated heterocycles. The number of aryl methyl sites for hydroxylation is 4. The van der Waals surface area contributed by atoms with Crippen LogP contribution in [0.2, 0.25) is 36.3 Å². The van der Waals surface area contributed by atoms with Crippen LogP contribution < -0.4 is 28.6 Å². The lowest BCUT2D eigenvalue weighted by molar-refractivity contribution is 0.199. The number of anilines is 2. The van der Waals surface area contributed by atoms with E-state index in [0.29, 0.717) is 63.3 Å². The van der Waals surface area contributed by atoms with Gasteiger partial charge in [-0.1, -0.05) is 65.8 Å². The largest absolute Gasteiger partial charge is 0.497 e. The number of benzene rings is 4. The monoisotopic (exact) mass is 990 g/mol. The summed E-state index contributed by atoms with van der Waals surface area (Å²) in [4.78, 5) is 0.465. The summed E-state index contributed by atoms with van der Waals surface area (Å²) >= 11 is 0. The zero-order chi connectivity index (χ0) is 48.9. The third-order valence-corrected chi connectivity index (χ3v) is 25.3.